The smallest absolute Gasteiger partial charge is 0.340 e. The molecule has 1 aromatic heterocycles. The van der Waals surface area contributed by atoms with Gasteiger partial charge >= 0.3 is 5.63 Å². The minimum absolute atomic E-state index is 0.0713. The van der Waals surface area contributed by atoms with Crippen LogP contribution in [-0.2, 0) is 17.8 Å². The van der Waals surface area contributed by atoms with E-state index >= 15 is 0 Å². The molecule has 1 heterocycles. The topological polar surface area (TPSA) is 56.5 Å². The maximum atomic E-state index is 12.3. The van der Waals surface area contributed by atoms with E-state index < -0.39 is 5.63 Å². The second-order valence-electron chi connectivity index (χ2n) is 6.36. The van der Waals surface area contributed by atoms with Gasteiger partial charge in [0.05, 0.1) is 0 Å². The van der Waals surface area contributed by atoms with Crippen LogP contribution in [0.2, 0.25) is 5.02 Å². The first-order chi connectivity index (χ1) is 12.4. The van der Waals surface area contributed by atoms with Crippen LogP contribution in [0.4, 0.5) is 0 Å². The molecule has 5 heteroatoms. The molecule has 3 rings (SSSR count). The Kier molecular flexibility index (Phi) is 5.14. The van der Waals surface area contributed by atoms with Gasteiger partial charge in [0.25, 0.3) is 0 Å². The highest BCUT2D eigenvalue weighted by atomic mass is 35.5. The molecule has 26 heavy (non-hydrogen) atoms. The molecule has 0 fully saturated rings. The summed E-state index contributed by atoms with van der Waals surface area (Å²) in [6.07, 6.45) is 0.0795. The summed E-state index contributed by atoms with van der Waals surface area (Å²) in [5.74, 6) is 0.567. The van der Waals surface area contributed by atoms with Gasteiger partial charge in [0.15, 0.2) is 0 Å². The Balaban J connectivity index is 1.98. The lowest BCUT2D eigenvalue weighted by atomic mass is 10.0. The Morgan fingerprint density at radius 2 is 1.92 bits per heavy atom. The highest BCUT2D eigenvalue weighted by Gasteiger charge is 2.16. The number of rotatable bonds is 5. The minimum atomic E-state index is -0.472. The molecule has 0 amide bonds. The van der Waals surface area contributed by atoms with Crippen LogP contribution in [0.25, 0.3) is 11.0 Å². The van der Waals surface area contributed by atoms with Crippen molar-refractivity contribution >= 4 is 28.4 Å². The van der Waals surface area contributed by atoms with Gasteiger partial charge in [0, 0.05) is 28.0 Å². The Bertz CT molecular complexity index is 1050. The Morgan fingerprint density at radius 3 is 2.62 bits per heavy atom. The largest absolute Gasteiger partial charge is 0.488 e. The lowest BCUT2D eigenvalue weighted by Crippen LogP contribution is -2.14. The highest BCUT2D eigenvalue weighted by Crippen LogP contribution is 2.30. The Hall–Kier alpha value is -2.59. The molecule has 4 nitrogen and oxygen atoms in total. The molecule has 2 aromatic carbocycles. The van der Waals surface area contributed by atoms with Crippen LogP contribution in [0.1, 0.15) is 29.2 Å². The number of hydrogen-bond acceptors (Lipinski definition) is 4. The zero-order valence-corrected chi connectivity index (χ0v) is 15.6. The van der Waals surface area contributed by atoms with Crippen molar-refractivity contribution in [1.29, 1.82) is 0 Å². The predicted molar refractivity (Wildman–Crippen MR) is 102 cm³/mol. The van der Waals surface area contributed by atoms with Crippen LogP contribution < -0.4 is 10.4 Å². The molecular formula is C21H19ClO4. The number of carbonyl (C=O) groups is 1. The van der Waals surface area contributed by atoms with E-state index in [1.165, 1.54) is 6.92 Å². The second kappa shape index (κ2) is 7.34. The lowest BCUT2D eigenvalue weighted by Gasteiger charge is -2.13. The third-order valence-electron chi connectivity index (χ3n) is 4.36. The van der Waals surface area contributed by atoms with E-state index in [1.54, 1.807) is 0 Å². The van der Waals surface area contributed by atoms with Crippen molar-refractivity contribution in [2.75, 3.05) is 0 Å². The molecule has 0 radical (unpaired) electrons. The molecule has 0 saturated heterocycles. The van der Waals surface area contributed by atoms with Gasteiger partial charge in [-0.2, -0.15) is 0 Å². The first-order valence-corrected chi connectivity index (χ1v) is 8.67. The molecule has 0 bridgehead atoms. The number of benzene rings is 2. The minimum Gasteiger partial charge on any atom is -0.488 e. The molecule has 0 spiro atoms. The van der Waals surface area contributed by atoms with Crippen LogP contribution in [0.3, 0.4) is 0 Å². The summed E-state index contributed by atoms with van der Waals surface area (Å²) in [5.41, 5.74) is 2.90. The fraction of sp³-hybridized carbons (Fsp3) is 0.238. The third kappa shape index (κ3) is 3.65. The molecule has 0 atom stereocenters. The number of aryl methyl sites for hydroxylation is 2. The number of ketones is 1. The zero-order chi connectivity index (χ0) is 18.8. The monoisotopic (exact) mass is 370 g/mol. The van der Waals surface area contributed by atoms with E-state index in [9.17, 15) is 9.59 Å². The highest BCUT2D eigenvalue weighted by molar-refractivity contribution is 6.30. The summed E-state index contributed by atoms with van der Waals surface area (Å²) >= 11 is 5.99. The fourth-order valence-electron chi connectivity index (χ4n) is 2.97. The second-order valence-corrected chi connectivity index (χ2v) is 6.79. The normalized spacial score (nSPS) is 10.9. The Labute approximate surface area is 156 Å². The van der Waals surface area contributed by atoms with Gasteiger partial charge in [-0.1, -0.05) is 23.7 Å². The van der Waals surface area contributed by atoms with Gasteiger partial charge in [-0.25, -0.2) is 4.79 Å². The van der Waals surface area contributed by atoms with Gasteiger partial charge < -0.3 is 9.15 Å². The SMILES string of the molecule is CC(=O)Cc1c(C)c2ccc(OCc3cccc(Cl)c3)c(C)c2oc1=O. The predicted octanol–water partition coefficient (Wildman–Crippen LogP) is 4.77. The standard InChI is InChI=1S/C21H19ClO4/c1-12(23)9-18-13(2)17-7-8-19(14(3)20(17)26-21(18)24)25-11-15-5-4-6-16(22)10-15/h4-8,10H,9,11H2,1-3H3. The molecule has 0 aliphatic heterocycles. The van der Waals surface area contributed by atoms with Crippen molar-refractivity contribution in [2.24, 2.45) is 0 Å². The van der Waals surface area contributed by atoms with E-state index in [0.717, 1.165) is 22.1 Å². The first-order valence-electron chi connectivity index (χ1n) is 8.29. The molecule has 0 aliphatic rings. The van der Waals surface area contributed by atoms with Gasteiger partial charge in [-0.15, -0.1) is 0 Å². The van der Waals surface area contributed by atoms with E-state index in [-0.39, 0.29) is 12.2 Å². The average Bonchev–Trinajstić information content (AvgIpc) is 2.58. The summed E-state index contributed by atoms with van der Waals surface area (Å²) in [7, 11) is 0. The van der Waals surface area contributed by atoms with Crippen molar-refractivity contribution < 1.29 is 13.9 Å². The lowest BCUT2D eigenvalue weighted by molar-refractivity contribution is -0.116. The zero-order valence-electron chi connectivity index (χ0n) is 14.9. The molecular weight excluding hydrogens is 352 g/mol. The van der Waals surface area contributed by atoms with Gasteiger partial charge in [-0.3, -0.25) is 4.79 Å². The van der Waals surface area contributed by atoms with Crippen molar-refractivity contribution in [1.82, 2.24) is 0 Å². The van der Waals surface area contributed by atoms with Gasteiger partial charge in [0.2, 0.25) is 0 Å². The van der Waals surface area contributed by atoms with Crippen LogP contribution >= 0.6 is 11.6 Å². The van der Waals surface area contributed by atoms with Crippen LogP contribution in [-0.4, -0.2) is 5.78 Å². The maximum absolute atomic E-state index is 12.3. The average molecular weight is 371 g/mol. The molecule has 134 valence electrons. The number of fused-ring (bicyclic) bond motifs is 1. The number of halogens is 1. The summed E-state index contributed by atoms with van der Waals surface area (Å²) in [6, 6.07) is 11.2. The van der Waals surface area contributed by atoms with E-state index in [0.29, 0.717) is 28.5 Å². The van der Waals surface area contributed by atoms with Crippen LogP contribution in [0, 0.1) is 13.8 Å². The van der Waals surface area contributed by atoms with Crippen molar-refractivity contribution in [2.45, 2.75) is 33.8 Å². The van der Waals surface area contributed by atoms with E-state index in [2.05, 4.69) is 0 Å². The molecule has 0 N–H and O–H groups in total. The van der Waals surface area contributed by atoms with Crippen molar-refractivity contribution in [3.05, 3.63) is 74.1 Å². The number of Topliss-reactive ketones (excluding diaryl/α,β-unsaturated/α-hetero) is 1. The van der Waals surface area contributed by atoms with Crippen molar-refractivity contribution in [3.63, 3.8) is 0 Å². The fourth-order valence-corrected chi connectivity index (χ4v) is 3.18. The molecule has 0 unspecified atom stereocenters. The molecule has 0 saturated carbocycles. The van der Waals surface area contributed by atoms with E-state index in [1.807, 2.05) is 50.2 Å². The number of ether oxygens (including phenoxy) is 1. The van der Waals surface area contributed by atoms with Crippen molar-refractivity contribution in [3.8, 4) is 5.75 Å². The quantitative estimate of drug-likeness (QED) is 0.607. The first kappa shape index (κ1) is 18.2. The van der Waals surface area contributed by atoms with Gasteiger partial charge in [0.1, 0.15) is 23.7 Å². The molecule has 3 aromatic rings. The number of hydrogen-bond donors (Lipinski definition) is 0. The summed E-state index contributed by atoms with van der Waals surface area (Å²) < 4.78 is 11.4. The van der Waals surface area contributed by atoms with Gasteiger partial charge in [-0.05, 0) is 56.2 Å². The summed E-state index contributed by atoms with van der Waals surface area (Å²) in [5, 5.41) is 1.47. The summed E-state index contributed by atoms with van der Waals surface area (Å²) in [6.45, 7) is 5.51. The Morgan fingerprint density at radius 1 is 1.15 bits per heavy atom. The molecule has 0 aliphatic carbocycles. The van der Waals surface area contributed by atoms with E-state index in [4.69, 9.17) is 20.8 Å². The summed E-state index contributed by atoms with van der Waals surface area (Å²) in [4.78, 5) is 23.7. The third-order valence-corrected chi connectivity index (χ3v) is 4.60. The maximum Gasteiger partial charge on any atom is 0.340 e. The van der Waals surface area contributed by atoms with Crippen LogP contribution in [0.15, 0.2) is 45.6 Å². The van der Waals surface area contributed by atoms with Crippen LogP contribution in [0.5, 0.6) is 5.75 Å². The number of carbonyl (C=O) groups excluding carboxylic acids is 1.